The number of hydrogen-bond donors (Lipinski definition) is 2. The molecule has 1 rings (SSSR count). The van der Waals surface area contributed by atoms with Gasteiger partial charge in [-0.25, -0.2) is 13.2 Å². The van der Waals surface area contributed by atoms with Crippen LogP contribution in [0.15, 0.2) is 12.1 Å². The highest BCUT2D eigenvalue weighted by Crippen LogP contribution is 2.27. The van der Waals surface area contributed by atoms with Crippen molar-refractivity contribution in [2.45, 2.75) is 33.6 Å². The molecule has 0 aromatic heterocycles. The standard InChI is InChI=1S/C14H22N2O4S/c1-5-6-7-21(18,19)16-13-10(2)8-12(9-11(13)3)20-14(17)15-4/h8-9,16H,5-7H2,1-4H3,(H,15,17). The predicted octanol–water partition coefficient (Wildman–Crippen LogP) is 2.56. The molecule has 0 unspecified atom stereocenters. The third-order valence-electron chi connectivity index (χ3n) is 2.95. The minimum atomic E-state index is -3.35. The molecule has 1 aromatic carbocycles. The molecule has 0 radical (unpaired) electrons. The van der Waals surface area contributed by atoms with Gasteiger partial charge in [0.15, 0.2) is 0 Å². The van der Waals surface area contributed by atoms with Crippen molar-refractivity contribution >= 4 is 21.8 Å². The van der Waals surface area contributed by atoms with Crippen LogP contribution in [0, 0.1) is 13.8 Å². The Bertz CT molecular complexity index is 588. The zero-order chi connectivity index (χ0) is 16.0. The fourth-order valence-electron chi connectivity index (χ4n) is 1.84. The summed E-state index contributed by atoms with van der Waals surface area (Å²) in [6.45, 7) is 5.47. The van der Waals surface area contributed by atoms with E-state index in [9.17, 15) is 13.2 Å². The molecule has 0 saturated carbocycles. The first-order chi connectivity index (χ1) is 9.79. The minimum Gasteiger partial charge on any atom is -0.410 e. The average Bonchev–Trinajstić information content (AvgIpc) is 2.40. The summed E-state index contributed by atoms with van der Waals surface area (Å²) in [4.78, 5) is 11.2. The van der Waals surface area contributed by atoms with E-state index in [0.29, 0.717) is 29.0 Å². The molecule has 0 bridgehead atoms. The molecule has 0 saturated heterocycles. The molecule has 2 N–H and O–H groups in total. The normalized spacial score (nSPS) is 11.0. The topological polar surface area (TPSA) is 84.5 Å². The number of amides is 1. The van der Waals surface area contributed by atoms with E-state index in [0.717, 1.165) is 6.42 Å². The Labute approximate surface area is 125 Å². The summed E-state index contributed by atoms with van der Waals surface area (Å²) < 4.78 is 31.6. The number of ether oxygens (including phenoxy) is 1. The van der Waals surface area contributed by atoms with Gasteiger partial charge in [0.1, 0.15) is 5.75 Å². The average molecular weight is 314 g/mol. The van der Waals surface area contributed by atoms with Gasteiger partial charge in [-0.15, -0.1) is 0 Å². The molecule has 7 heteroatoms. The first kappa shape index (κ1) is 17.3. The van der Waals surface area contributed by atoms with Gasteiger partial charge in [-0.1, -0.05) is 13.3 Å². The van der Waals surface area contributed by atoms with Gasteiger partial charge in [0.2, 0.25) is 10.0 Å². The van der Waals surface area contributed by atoms with Crippen molar-refractivity contribution in [3.63, 3.8) is 0 Å². The Hall–Kier alpha value is -1.76. The SMILES string of the molecule is CCCCS(=O)(=O)Nc1c(C)cc(OC(=O)NC)cc1C. The lowest BCUT2D eigenvalue weighted by Crippen LogP contribution is -2.22. The molecule has 118 valence electrons. The van der Waals surface area contributed by atoms with Crippen LogP contribution in [0.5, 0.6) is 5.75 Å². The van der Waals surface area contributed by atoms with Crippen LogP contribution in [0.1, 0.15) is 30.9 Å². The summed E-state index contributed by atoms with van der Waals surface area (Å²) >= 11 is 0. The van der Waals surface area contributed by atoms with Crippen LogP contribution < -0.4 is 14.8 Å². The van der Waals surface area contributed by atoms with Gasteiger partial charge in [0, 0.05) is 7.05 Å². The number of hydrogen-bond acceptors (Lipinski definition) is 4. The summed E-state index contributed by atoms with van der Waals surface area (Å²) in [5, 5.41) is 2.36. The van der Waals surface area contributed by atoms with Gasteiger partial charge in [-0.05, 0) is 43.5 Å². The largest absolute Gasteiger partial charge is 0.412 e. The maximum absolute atomic E-state index is 12.0. The molecular weight excluding hydrogens is 292 g/mol. The molecule has 1 aromatic rings. The van der Waals surface area contributed by atoms with E-state index in [1.807, 2.05) is 6.92 Å². The number of aryl methyl sites for hydroxylation is 2. The summed E-state index contributed by atoms with van der Waals surface area (Å²) in [7, 11) is -1.88. The van der Waals surface area contributed by atoms with E-state index < -0.39 is 16.1 Å². The molecule has 0 fully saturated rings. The van der Waals surface area contributed by atoms with Gasteiger partial charge in [0.05, 0.1) is 11.4 Å². The highest BCUT2D eigenvalue weighted by atomic mass is 32.2. The molecule has 1 amide bonds. The highest BCUT2D eigenvalue weighted by molar-refractivity contribution is 7.92. The van der Waals surface area contributed by atoms with E-state index in [2.05, 4.69) is 10.0 Å². The Morgan fingerprint density at radius 2 is 1.81 bits per heavy atom. The third-order valence-corrected chi connectivity index (χ3v) is 4.29. The second-order valence-electron chi connectivity index (χ2n) is 4.85. The van der Waals surface area contributed by atoms with Crippen molar-refractivity contribution in [3.05, 3.63) is 23.3 Å². The van der Waals surface area contributed by atoms with Crippen LogP contribution in [0.2, 0.25) is 0 Å². The number of unbranched alkanes of at least 4 members (excludes halogenated alkanes) is 1. The second kappa shape index (κ2) is 7.31. The van der Waals surface area contributed by atoms with Crippen molar-refractivity contribution < 1.29 is 17.9 Å². The number of rotatable bonds is 6. The van der Waals surface area contributed by atoms with Gasteiger partial charge in [-0.3, -0.25) is 4.72 Å². The van der Waals surface area contributed by atoms with Crippen LogP contribution in [0.25, 0.3) is 0 Å². The summed E-state index contributed by atoms with van der Waals surface area (Å²) in [6, 6.07) is 3.25. The molecule has 21 heavy (non-hydrogen) atoms. The van der Waals surface area contributed by atoms with Crippen molar-refractivity contribution in [1.29, 1.82) is 0 Å². The number of anilines is 1. The zero-order valence-corrected chi connectivity index (χ0v) is 13.6. The first-order valence-electron chi connectivity index (χ1n) is 6.80. The van der Waals surface area contributed by atoms with Crippen molar-refractivity contribution in [2.75, 3.05) is 17.5 Å². The highest BCUT2D eigenvalue weighted by Gasteiger charge is 2.14. The fraction of sp³-hybridized carbons (Fsp3) is 0.500. The number of benzene rings is 1. The van der Waals surface area contributed by atoms with Crippen LogP contribution in [-0.2, 0) is 10.0 Å². The first-order valence-corrected chi connectivity index (χ1v) is 8.45. The van der Waals surface area contributed by atoms with Crippen molar-refractivity contribution in [1.82, 2.24) is 5.32 Å². The maximum Gasteiger partial charge on any atom is 0.412 e. The minimum absolute atomic E-state index is 0.0961. The molecule has 0 aliphatic rings. The Kier molecular flexibility index (Phi) is 6.02. The zero-order valence-electron chi connectivity index (χ0n) is 12.8. The smallest absolute Gasteiger partial charge is 0.410 e. The van der Waals surface area contributed by atoms with Gasteiger partial charge in [0.25, 0.3) is 0 Å². The summed E-state index contributed by atoms with van der Waals surface area (Å²) in [5.41, 5.74) is 1.94. The molecule has 0 atom stereocenters. The molecule has 0 aliphatic carbocycles. The molecular formula is C14H22N2O4S. The van der Waals surface area contributed by atoms with Crippen LogP contribution >= 0.6 is 0 Å². The van der Waals surface area contributed by atoms with E-state index >= 15 is 0 Å². The molecule has 0 aliphatic heterocycles. The van der Waals surface area contributed by atoms with Crippen LogP contribution in [0.3, 0.4) is 0 Å². The van der Waals surface area contributed by atoms with Crippen molar-refractivity contribution in [2.24, 2.45) is 0 Å². The number of carbonyl (C=O) groups is 1. The van der Waals surface area contributed by atoms with Gasteiger partial charge < -0.3 is 10.1 Å². The van der Waals surface area contributed by atoms with Gasteiger partial charge >= 0.3 is 6.09 Å². The summed E-state index contributed by atoms with van der Waals surface area (Å²) in [5.74, 6) is 0.472. The molecule has 6 nitrogen and oxygen atoms in total. The van der Waals surface area contributed by atoms with E-state index in [1.165, 1.54) is 7.05 Å². The number of sulfonamides is 1. The third kappa shape index (κ3) is 5.26. The van der Waals surface area contributed by atoms with Crippen molar-refractivity contribution in [3.8, 4) is 5.75 Å². The second-order valence-corrected chi connectivity index (χ2v) is 6.69. The lowest BCUT2D eigenvalue weighted by atomic mass is 10.1. The molecule has 0 heterocycles. The van der Waals surface area contributed by atoms with E-state index in [-0.39, 0.29) is 5.75 Å². The Balaban J connectivity index is 2.97. The quantitative estimate of drug-likeness (QED) is 0.845. The maximum atomic E-state index is 12.0. The van der Waals surface area contributed by atoms with Gasteiger partial charge in [-0.2, -0.15) is 0 Å². The lowest BCUT2D eigenvalue weighted by Gasteiger charge is -2.15. The Morgan fingerprint density at radius 3 is 2.29 bits per heavy atom. The van der Waals surface area contributed by atoms with Crippen LogP contribution in [-0.4, -0.2) is 27.3 Å². The fourth-order valence-corrected chi connectivity index (χ4v) is 3.25. The van der Waals surface area contributed by atoms with E-state index in [1.54, 1.807) is 26.0 Å². The monoisotopic (exact) mass is 314 g/mol. The number of nitrogens with one attached hydrogen (secondary N) is 2. The lowest BCUT2D eigenvalue weighted by molar-refractivity contribution is 0.203. The Morgan fingerprint density at radius 1 is 1.24 bits per heavy atom. The van der Waals surface area contributed by atoms with E-state index in [4.69, 9.17) is 4.74 Å². The molecule has 0 spiro atoms. The summed E-state index contributed by atoms with van der Waals surface area (Å²) in [6.07, 6.45) is 0.869. The van der Waals surface area contributed by atoms with Crippen LogP contribution in [0.4, 0.5) is 10.5 Å². The predicted molar refractivity (Wildman–Crippen MR) is 83.3 cm³/mol. The number of carbonyl (C=O) groups excluding carboxylic acids is 1.